The monoisotopic (exact) mass is 598 g/mol. The SMILES string of the molecule is CCN(CC)c1ccc2c(-c3ccccc3C(=O)OCCCBr)c3ccc(=[N+](CC)CC)cc-3oc2c1.[Cl-]. The van der Waals surface area contributed by atoms with Crippen LogP contribution in [-0.4, -0.2) is 44.1 Å². The van der Waals surface area contributed by atoms with Gasteiger partial charge in [-0.2, -0.15) is 0 Å². The fourth-order valence-electron chi connectivity index (χ4n) is 4.90. The molecular formula is C31H36BrClN2O3. The smallest absolute Gasteiger partial charge is 0.338 e. The van der Waals surface area contributed by atoms with Gasteiger partial charge in [-0.3, -0.25) is 0 Å². The number of esters is 1. The molecule has 202 valence electrons. The molecule has 0 amide bonds. The third-order valence-corrected chi connectivity index (χ3v) is 7.43. The van der Waals surface area contributed by atoms with Crippen LogP contribution in [0.25, 0.3) is 33.4 Å². The highest BCUT2D eigenvalue weighted by Gasteiger charge is 2.23. The van der Waals surface area contributed by atoms with Crippen molar-refractivity contribution >= 4 is 38.6 Å². The van der Waals surface area contributed by atoms with Gasteiger partial charge in [0.2, 0.25) is 5.36 Å². The predicted molar refractivity (Wildman–Crippen MR) is 157 cm³/mol. The van der Waals surface area contributed by atoms with Gasteiger partial charge < -0.3 is 26.5 Å². The fourth-order valence-corrected chi connectivity index (χ4v) is 5.13. The number of anilines is 1. The first kappa shape index (κ1) is 29.7. The fraction of sp³-hybridized carbons (Fsp3) is 0.355. The van der Waals surface area contributed by atoms with Gasteiger partial charge in [0.25, 0.3) is 0 Å². The number of hydrogen-bond acceptors (Lipinski definition) is 4. The first-order chi connectivity index (χ1) is 18.1. The molecule has 7 heteroatoms. The Hall–Kier alpha value is -2.83. The maximum Gasteiger partial charge on any atom is 0.338 e. The third-order valence-electron chi connectivity index (χ3n) is 6.87. The van der Waals surface area contributed by atoms with Crippen LogP contribution in [0, 0.1) is 0 Å². The summed E-state index contributed by atoms with van der Waals surface area (Å²) in [5.41, 5.74) is 5.29. The molecule has 0 unspecified atom stereocenters. The minimum Gasteiger partial charge on any atom is -1.00 e. The zero-order chi connectivity index (χ0) is 26.4. The van der Waals surface area contributed by atoms with Gasteiger partial charge in [0.1, 0.15) is 24.4 Å². The quantitative estimate of drug-likeness (QED) is 0.0915. The van der Waals surface area contributed by atoms with Crippen LogP contribution in [-0.2, 0) is 4.74 Å². The van der Waals surface area contributed by atoms with Gasteiger partial charge in [-0.1, -0.05) is 34.1 Å². The first-order valence-corrected chi connectivity index (χ1v) is 14.3. The first-order valence-electron chi connectivity index (χ1n) is 13.2. The topological polar surface area (TPSA) is 45.7 Å². The number of rotatable bonds is 10. The molecule has 0 saturated heterocycles. The number of nitrogens with zero attached hydrogens (tertiary/aromatic N) is 2. The normalized spacial score (nSPS) is 10.9. The van der Waals surface area contributed by atoms with Crippen LogP contribution in [0.1, 0.15) is 44.5 Å². The van der Waals surface area contributed by atoms with Crippen LogP contribution in [0.4, 0.5) is 5.69 Å². The summed E-state index contributed by atoms with van der Waals surface area (Å²) in [6.45, 7) is 12.7. The van der Waals surface area contributed by atoms with Crippen molar-refractivity contribution in [3.63, 3.8) is 0 Å². The Kier molecular flexibility index (Phi) is 10.8. The van der Waals surface area contributed by atoms with E-state index in [0.717, 1.165) is 82.4 Å². The standard InChI is InChI=1S/C31H36BrN2O3.ClH/c1-5-33(6-2)22-14-16-26-28(20-22)37-29-21-23(34(7-3)8-4)15-17-27(29)30(26)24-12-9-10-13-25(24)31(35)36-19-11-18-32;/h9-10,12-17,20-21H,5-8,11,18-19H2,1-4H3;1H/q+1;/p-1. The van der Waals surface area contributed by atoms with E-state index in [1.807, 2.05) is 24.3 Å². The second-order valence-electron chi connectivity index (χ2n) is 8.91. The average molecular weight is 600 g/mol. The van der Waals surface area contributed by atoms with Crippen molar-refractivity contribution in [2.24, 2.45) is 0 Å². The summed E-state index contributed by atoms with van der Waals surface area (Å²) in [7, 11) is 0. The molecule has 0 spiro atoms. The Morgan fingerprint density at radius 3 is 2.37 bits per heavy atom. The van der Waals surface area contributed by atoms with Gasteiger partial charge in [-0.15, -0.1) is 0 Å². The van der Waals surface area contributed by atoms with Crippen molar-refractivity contribution in [2.75, 3.05) is 43.0 Å². The summed E-state index contributed by atoms with van der Waals surface area (Å²) in [6.07, 6.45) is 0.770. The molecule has 0 aromatic heterocycles. The minimum atomic E-state index is -0.307. The second-order valence-corrected chi connectivity index (χ2v) is 9.70. The summed E-state index contributed by atoms with van der Waals surface area (Å²) < 4.78 is 14.5. The Morgan fingerprint density at radius 2 is 1.68 bits per heavy atom. The van der Waals surface area contributed by atoms with E-state index in [0.29, 0.717) is 12.2 Å². The maximum absolute atomic E-state index is 13.2. The van der Waals surface area contributed by atoms with Crippen LogP contribution >= 0.6 is 15.9 Å². The number of fused-ring (bicyclic) bond motifs is 2. The van der Waals surface area contributed by atoms with E-state index in [9.17, 15) is 4.79 Å². The Morgan fingerprint density at radius 1 is 0.947 bits per heavy atom. The molecule has 0 atom stereocenters. The predicted octanol–water partition coefficient (Wildman–Crippen LogP) is 3.81. The summed E-state index contributed by atoms with van der Waals surface area (Å²) in [5.74, 6) is 0.490. The lowest BCUT2D eigenvalue weighted by Gasteiger charge is -2.22. The number of ether oxygens (including phenoxy) is 1. The summed E-state index contributed by atoms with van der Waals surface area (Å²) >= 11 is 3.41. The molecule has 2 aromatic rings. The molecule has 0 radical (unpaired) electrons. The number of benzene rings is 3. The third kappa shape index (κ3) is 6.08. The highest BCUT2D eigenvalue weighted by Crippen LogP contribution is 2.42. The maximum atomic E-state index is 13.2. The largest absolute Gasteiger partial charge is 1.00 e. The Labute approximate surface area is 240 Å². The molecule has 2 aliphatic rings. The Balaban J connectivity index is 0.00000400. The molecule has 2 aromatic carbocycles. The lowest BCUT2D eigenvalue weighted by atomic mass is 9.90. The molecule has 4 rings (SSSR count). The molecule has 1 aliphatic carbocycles. The van der Waals surface area contributed by atoms with E-state index in [1.165, 1.54) is 0 Å². The molecule has 0 saturated carbocycles. The van der Waals surface area contributed by atoms with E-state index >= 15 is 0 Å². The van der Waals surface area contributed by atoms with Crippen LogP contribution in [0.15, 0.2) is 65.1 Å². The van der Waals surface area contributed by atoms with E-state index < -0.39 is 0 Å². The minimum absolute atomic E-state index is 0. The van der Waals surface area contributed by atoms with Gasteiger partial charge in [0.05, 0.1) is 18.2 Å². The number of carbonyl (C=O) groups is 1. The van der Waals surface area contributed by atoms with Crippen LogP contribution < -0.4 is 27.2 Å². The van der Waals surface area contributed by atoms with Gasteiger partial charge in [-0.25, -0.2) is 9.37 Å². The van der Waals surface area contributed by atoms with Crippen molar-refractivity contribution in [1.29, 1.82) is 0 Å². The van der Waals surface area contributed by atoms with Crippen molar-refractivity contribution in [1.82, 2.24) is 4.58 Å². The molecule has 1 heterocycles. The average Bonchev–Trinajstić information content (AvgIpc) is 2.93. The van der Waals surface area contributed by atoms with Crippen molar-refractivity contribution < 1.29 is 26.4 Å². The zero-order valence-corrected chi connectivity index (χ0v) is 24.9. The summed E-state index contributed by atoms with van der Waals surface area (Å²) in [4.78, 5) is 15.5. The zero-order valence-electron chi connectivity index (χ0n) is 22.6. The van der Waals surface area contributed by atoms with Crippen molar-refractivity contribution in [3.05, 3.63) is 71.6 Å². The van der Waals surface area contributed by atoms with Gasteiger partial charge in [0.15, 0.2) is 0 Å². The van der Waals surface area contributed by atoms with E-state index in [1.54, 1.807) is 0 Å². The summed E-state index contributed by atoms with van der Waals surface area (Å²) in [5, 5.41) is 2.88. The van der Waals surface area contributed by atoms with Gasteiger partial charge in [0, 0.05) is 52.8 Å². The highest BCUT2D eigenvalue weighted by molar-refractivity contribution is 9.09. The highest BCUT2D eigenvalue weighted by atomic mass is 79.9. The number of carbonyl (C=O) groups excluding carboxylic acids is 1. The molecule has 0 N–H and O–H groups in total. The lowest BCUT2D eigenvalue weighted by Crippen LogP contribution is -3.00. The van der Waals surface area contributed by atoms with Crippen molar-refractivity contribution in [3.8, 4) is 22.5 Å². The van der Waals surface area contributed by atoms with E-state index in [-0.39, 0.29) is 18.4 Å². The molecule has 38 heavy (non-hydrogen) atoms. The second kappa shape index (κ2) is 13.8. The lowest BCUT2D eigenvalue weighted by molar-refractivity contribution is -0.0000259. The number of halogens is 2. The number of alkyl halides is 1. The van der Waals surface area contributed by atoms with E-state index in [4.69, 9.17) is 9.15 Å². The van der Waals surface area contributed by atoms with Crippen LogP contribution in [0.2, 0.25) is 0 Å². The molecule has 5 nitrogen and oxygen atoms in total. The molecule has 0 bridgehead atoms. The van der Waals surface area contributed by atoms with Crippen molar-refractivity contribution in [2.45, 2.75) is 34.1 Å². The summed E-state index contributed by atoms with van der Waals surface area (Å²) in [6, 6.07) is 20.5. The van der Waals surface area contributed by atoms with Crippen LogP contribution in [0.3, 0.4) is 0 Å². The Bertz CT molecular complexity index is 1420. The molecule has 0 fully saturated rings. The number of hydrogen-bond donors (Lipinski definition) is 0. The van der Waals surface area contributed by atoms with Crippen LogP contribution in [0.5, 0.6) is 0 Å². The van der Waals surface area contributed by atoms with Gasteiger partial charge >= 0.3 is 5.97 Å². The van der Waals surface area contributed by atoms with E-state index in [2.05, 4.69) is 89.5 Å². The molecular weight excluding hydrogens is 564 g/mol. The van der Waals surface area contributed by atoms with Gasteiger partial charge in [-0.05, 0) is 63.9 Å². The molecule has 1 aliphatic heterocycles.